The van der Waals surface area contributed by atoms with Gasteiger partial charge in [-0.25, -0.2) is 19.7 Å². The van der Waals surface area contributed by atoms with Crippen molar-refractivity contribution >= 4 is 48.8 Å². The summed E-state index contributed by atoms with van der Waals surface area (Å²) in [6, 6.07) is 0.940. The number of hydrogen-bond donors (Lipinski definition) is 3. The number of amides is 1. The zero-order chi connectivity index (χ0) is 39.1. The molecule has 1 unspecified atom stereocenters. The number of carbonyl (C=O) groups is 5. The molecule has 0 aromatic carbocycles. The lowest BCUT2D eigenvalue weighted by Crippen LogP contribution is -2.50. The molecular weight excluding hydrogens is 703 g/mol. The van der Waals surface area contributed by atoms with E-state index in [0.717, 1.165) is 7.11 Å². The third-order valence-corrected chi connectivity index (χ3v) is 9.97. The summed E-state index contributed by atoms with van der Waals surface area (Å²) in [4.78, 5) is 68.0. The lowest BCUT2D eigenvalue weighted by Gasteiger charge is -2.34. The van der Waals surface area contributed by atoms with Crippen LogP contribution in [0.25, 0.3) is 5.52 Å². The Labute approximate surface area is 302 Å². The lowest BCUT2D eigenvalue weighted by atomic mass is 9.95. The fourth-order valence-electron chi connectivity index (χ4n) is 5.04. The van der Waals surface area contributed by atoms with Crippen LogP contribution in [-0.2, 0) is 56.7 Å². The Kier molecular flexibility index (Phi) is 14.5. The van der Waals surface area contributed by atoms with Crippen molar-refractivity contribution in [2.24, 2.45) is 17.8 Å². The Morgan fingerprint density at radius 1 is 0.904 bits per heavy atom. The molecule has 290 valence electrons. The number of aromatic nitrogens is 3. The first-order valence-electron chi connectivity index (χ1n) is 17.0. The normalized spacial score (nSPS) is 22.5. The van der Waals surface area contributed by atoms with E-state index in [4.69, 9.17) is 28.2 Å². The predicted octanol–water partition coefficient (Wildman–Crippen LogP) is 3.11. The van der Waals surface area contributed by atoms with Gasteiger partial charge in [0.25, 0.3) is 0 Å². The van der Waals surface area contributed by atoms with Gasteiger partial charge >= 0.3 is 31.5 Å². The second kappa shape index (κ2) is 17.7. The molecule has 7 atom stereocenters. The van der Waals surface area contributed by atoms with Gasteiger partial charge in [0, 0.05) is 5.92 Å². The van der Waals surface area contributed by atoms with Gasteiger partial charge in [-0.3, -0.25) is 28.5 Å². The third kappa shape index (κ3) is 10.1. The standard InChI is InChI=1S/C33H51N6O12P/c1-12-47-32(44)21(9)38-52(45,37-20(8)31(43)46-11)48-15-33(10)26(50-30(42)19(6)7)25(49-29(41)18(4)5)24(51-33)22-13-14-23-27(34-16-35-39(22)23)36-28(40)17(2)3/h13-14,16-21,24-26H,12,15H2,1-11H3,(H2,37,38,45)(H,34,35,36,40)/t20-,21-,24-,25-,26-,33+,52?/m0/s1. The van der Waals surface area contributed by atoms with E-state index in [1.165, 1.54) is 31.6 Å². The first-order valence-corrected chi connectivity index (χ1v) is 18.7. The SMILES string of the molecule is CCOC(=O)[C@H](C)NP(=O)(N[C@@H](C)C(=O)OC)OC[C@@]1(C)O[C@@H](c2ccc3c(NC(=O)C(C)C)ncnn23)[C@H](OC(=O)C(C)C)[C@@H]1OC(=O)C(C)C. The van der Waals surface area contributed by atoms with Crippen LogP contribution in [0.15, 0.2) is 18.5 Å². The smallest absolute Gasteiger partial charge is 0.342 e. The largest absolute Gasteiger partial charge is 0.468 e. The minimum absolute atomic E-state index is 0.0552. The zero-order valence-corrected chi connectivity index (χ0v) is 32.3. The molecule has 0 radical (unpaired) electrons. The molecule has 0 aliphatic carbocycles. The minimum atomic E-state index is -4.36. The fourth-order valence-corrected chi connectivity index (χ4v) is 6.93. The van der Waals surface area contributed by atoms with Crippen LogP contribution in [0.2, 0.25) is 0 Å². The zero-order valence-electron chi connectivity index (χ0n) is 31.5. The number of esters is 4. The van der Waals surface area contributed by atoms with Crippen molar-refractivity contribution in [3.05, 3.63) is 24.2 Å². The van der Waals surface area contributed by atoms with Crippen molar-refractivity contribution in [2.45, 2.75) is 105 Å². The van der Waals surface area contributed by atoms with Crippen molar-refractivity contribution in [3.8, 4) is 0 Å². The van der Waals surface area contributed by atoms with Crippen LogP contribution < -0.4 is 15.5 Å². The predicted molar refractivity (Wildman–Crippen MR) is 186 cm³/mol. The molecular formula is C33H51N6O12P. The third-order valence-electron chi connectivity index (χ3n) is 8.03. The van der Waals surface area contributed by atoms with E-state index in [-0.39, 0.29) is 24.2 Å². The molecule has 3 rings (SSSR count). The van der Waals surface area contributed by atoms with Gasteiger partial charge in [0.05, 0.1) is 37.9 Å². The highest BCUT2D eigenvalue weighted by Crippen LogP contribution is 2.48. The van der Waals surface area contributed by atoms with E-state index in [9.17, 15) is 28.5 Å². The molecule has 1 fully saturated rings. The maximum Gasteiger partial charge on any atom is 0.342 e. The second-order valence-corrected chi connectivity index (χ2v) is 15.4. The van der Waals surface area contributed by atoms with Crippen LogP contribution in [0.5, 0.6) is 0 Å². The van der Waals surface area contributed by atoms with Crippen LogP contribution in [-0.4, -0.2) is 94.6 Å². The molecule has 18 nitrogen and oxygen atoms in total. The summed E-state index contributed by atoms with van der Waals surface area (Å²) in [7, 11) is -3.21. The molecule has 2 aromatic heterocycles. The number of methoxy groups -OCH3 is 1. The lowest BCUT2D eigenvalue weighted by molar-refractivity contribution is -0.175. The summed E-state index contributed by atoms with van der Waals surface area (Å²) in [6.07, 6.45) is -2.58. The summed E-state index contributed by atoms with van der Waals surface area (Å²) in [6.45, 7) is 15.3. The van der Waals surface area contributed by atoms with E-state index >= 15 is 0 Å². The molecule has 3 N–H and O–H groups in total. The highest BCUT2D eigenvalue weighted by molar-refractivity contribution is 7.54. The maximum absolute atomic E-state index is 14.3. The Morgan fingerprint density at radius 3 is 2.06 bits per heavy atom. The average Bonchev–Trinajstić information content (AvgIpc) is 3.62. The molecule has 0 spiro atoms. The molecule has 2 aromatic rings. The van der Waals surface area contributed by atoms with Crippen LogP contribution in [0.1, 0.15) is 81.0 Å². The van der Waals surface area contributed by atoms with Crippen molar-refractivity contribution in [1.29, 1.82) is 0 Å². The average molecular weight is 755 g/mol. The number of anilines is 1. The van der Waals surface area contributed by atoms with Crippen molar-refractivity contribution in [2.75, 3.05) is 25.6 Å². The highest BCUT2D eigenvalue weighted by atomic mass is 31.2. The maximum atomic E-state index is 14.3. The Bertz CT molecular complexity index is 1660. The molecule has 19 heteroatoms. The van der Waals surface area contributed by atoms with Crippen molar-refractivity contribution in [3.63, 3.8) is 0 Å². The van der Waals surface area contributed by atoms with Crippen LogP contribution in [0.4, 0.5) is 5.82 Å². The van der Waals surface area contributed by atoms with Crippen LogP contribution >= 0.6 is 7.67 Å². The van der Waals surface area contributed by atoms with Crippen LogP contribution in [0, 0.1) is 17.8 Å². The number of hydrogen-bond acceptors (Lipinski definition) is 14. The molecule has 1 amide bonds. The minimum Gasteiger partial charge on any atom is -0.468 e. The number of ether oxygens (including phenoxy) is 5. The van der Waals surface area contributed by atoms with Gasteiger partial charge in [-0.05, 0) is 39.8 Å². The van der Waals surface area contributed by atoms with Gasteiger partial charge in [0.15, 0.2) is 18.0 Å². The van der Waals surface area contributed by atoms with Gasteiger partial charge in [-0.1, -0.05) is 41.5 Å². The van der Waals surface area contributed by atoms with Gasteiger partial charge in [0.1, 0.15) is 35.6 Å². The van der Waals surface area contributed by atoms with Crippen LogP contribution in [0.3, 0.4) is 0 Å². The summed E-state index contributed by atoms with van der Waals surface area (Å²) >= 11 is 0. The van der Waals surface area contributed by atoms with Crippen molar-refractivity contribution < 1.29 is 56.7 Å². The van der Waals surface area contributed by atoms with E-state index in [1.54, 1.807) is 60.6 Å². The summed E-state index contributed by atoms with van der Waals surface area (Å²) in [5, 5.41) is 12.3. The quantitative estimate of drug-likeness (QED) is 0.120. The van der Waals surface area contributed by atoms with Gasteiger partial charge < -0.3 is 33.5 Å². The van der Waals surface area contributed by atoms with E-state index in [1.807, 2.05) is 0 Å². The summed E-state index contributed by atoms with van der Waals surface area (Å²) < 4.78 is 50.1. The van der Waals surface area contributed by atoms with E-state index in [2.05, 4.69) is 25.6 Å². The number of carbonyl (C=O) groups excluding carboxylic acids is 5. The molecule has 1 saturated heterocycles. The van der Waals surface area contributed by atoms with Gasteiger partial charge in [-0.2, -0.15) is 5.10 Å². The second-order valence-electron chi connectivity index (χ2n) is 13.5. The first kappa shape index (κ1) is 42.5. The number of fused-ring (bicyclic) bond motifs is 1. The Balaban J connectivity index is 2.14. The molecule has 1 aliphatic heterocycles. The molecule has 1 aliphatic rings. The molecule has 0 bridgehead atoms. The topological polar surface area (TPSA) is 224 Å². The van der Waals surface area contributed by atoms with Gasteiger partial charge in [-0.15, -0.1) is 0 Å². The first-order chi connectivity index (χ1) is 24.3. The molecule has 3 heterocycles. The number of nitrogens with one attached hydrogen (secondary N) is 3. The van der Waals surface area contributed by atoms with E-state index in [0.29, 0.717) is 11.2 Å². The fraction of sp³-hybridized carbons (Fsp3) is 0.667. The molecule has 52 heavy (non-hydrogen) atoms. The monoisotopic (exact) mass is 754 g/mol. The molecule has 0 saturated carbocycles. The number of nitrogens with zero attached hydrogens (tertiary/aromatic N) is 3. The van der Waals surface area contributed by atoms with Crippen molar-refractivity contribution in [1.82, 2.24) is 24.8 Å². The Morgan fingerprint density at radius 2 is 1.50 bits per heavy atom. The summed E-state index contributed by atoms with van der Waals surface area (Å²) in [5.41, 5.74) is -0.959. The summed E-state index contributed by atoms with van der Waals surface area (Å²) in [5.74, 6) is -4.38. The highest BCUT2D eigenvalue weighted by Gasteiger charge is 2.59. The van der Waals surface area contributed by atoms with Gasteiger partial charge in [0.2, 0.25) is 5.91 Å². The van der Waals surface area contributed by atoms with E-state index < -0.39 is 86.0 Å². The Hall–Kier alpha value is -3.96. The number of rotatable bonds is 17.